The van der Waals surface area contributed by atoms with Crippen LogP contribution in [0, 0.1) is 12.8 Å². The van der Waals surface area contributed by atoms with Crippen molar-refractivity contribution >= 4 is 16.8 Å². The molecule has 1 aromatic heterocycles. The number of methoxy groups -OCH3 is 1. The van der Waals surface area contributed by atoms with Crippen LogP contribution in [0.3, 0.4) is 0 Å². The Balaban J connectivity index is 1.89. The molecule has 0 spiro atoms. The van der Waals surface area contributed by atoms with E-state index in [0.717, 1.165) is 17.7 Å². The Morgan fingerprint density at radius 3 is 2.31 bits per heavy atom. The molecule has 0 aliphatic heterocycles. The number of carbonyl (C=O) groups excluding carboxylic acids is 1. The minimum atomic E-state index is -0.449. The average molecular weight is 484 g/mol. The predicted molar refractivity (Wildman–Crippen MR) is 144 cm³/mol. The fourth-order valence-corrected chi connectivity index (χ4v) is 4.38. The number of fused-ring (bicyclic) bond motifs is 1. The monoisotopic (exact) mass is 483 g/mol. The highest BCUT2D eigenvalue weighted by atomic mass is 16.5. The van der Waals surface area contributed by atoms with Crippen molar-refractivity contribution in [3.05, 3.63) is 100 Å². The molecule has 0 N–H and O–H groups in total. The molecule has 0 aliphatic rings. The van der Waals surface area contributed by atoms with Gasteiger partial charge in [0, 0.05) is 12.1 Å². The highest BCUT2D eigenvalue weighted by Gasteiger charge is 2.28. The van der Waals surface area contributed by atoms with Gasteiger partial charge in [-0.2, -0.15) is 0 Å². The molecule has 36 heavy (non-hydrogen) atoms. The SMILES string of the molecule is COc1ccc(C(=O)N(CCC(C)C)C(C)c2nc3ccccc3c(=O)n2-c2ccccc2C)cc1. The average Bonchev–Trinajstić information content (AvgIpc) is 2.89. The molecular weight excluding hydrogens is 450 g/mol. The maximum Gasteiger partial charge on any atom is 0.266 e. The van der Waals surface area contributed by atoms with Crippen molar-refractivity contribution in [1.29, 1.82) is 0 Å². The van der Waals surface area contributed by atoms with Crippen LogP contribution in [0.4, 0.5) is 0 Å². The zero-order valence-electron chi connectivity index (χ0n) is 21.6. The van der Waals surface area contributed by atoms with Gasteiger partial charge in [-0.25, -0.2) is 4.98 Å². The Labute approximate surface area is 212 Å². The van der Waals surface area contributed by atoms with E-state index in [2.05, 4.69) is 13.8 Å². The molecule has 0 aliphatic carbocycles. The maximum atomic E-state index is 13.8. The second kappa shape index (κ2) is 10.8. The van der Waals surface area contributed by atoms with Crippen LogP contribution in [-0.2, 0) is 0 Å². The molecule has 4 rings (SSSR count). The number of nitrogens with zero attached hydrogens (tertiary/aromatic N) is 3. The van der Waals surface area contributed by atoms with E-state index in [9.17, 15) is 9.59 Å². The lowest BCUT2D eigenvalue weighted by Gasteiger charge is -2.31. The lowest BCUT2D eigenvalue weighted by Crippen LogP contribution is -2.38. The molecule has 0 bridgehead atoms. The molecule has 0 saturated carbocycles. The van der Waals surface area contributed by atoms with Crippen molar-refractivity contribution in [3.63, 3.8) is 0 Å². The van der Waals surface area contributed by atoms with Crippen LogP contribution < -0.4 is 10.3 Å². The van der Waals surface area contributed by atoms with Gasteiger partial charge < -0.3 is 9.64 Å². The topological polar surface area (TPSA) is 64.4 Å². The quantitative estimate of drug-likeness (QED) is 0.311. The lowest BCUT2D eigenvalue weighted by atomic mass is 10.1. The smallest absolute Gasteiger partial charge is 0.266 e. The number of carbonyl (C=O) groups is 1. The van der Waals surface area contributed by atoms with Crippen LogP contribution in [0.15, 0.2) is 77.6 Å². The molecule has 6 nitrogen and oxygen atoms in total. The lowest BCUT2D eigenvalue weighted by molar-refractivity contribution is 0.0671. The number of hydrogen-bond acceptors (Lipinski definition) is 4. The van der Waals surface area contributed by atoms with E-state index in [1.54, 1.807) is 42.0 Å². The number of amides is 1. The number of hydrogen-bond donors (Lipinski definition) is 0. The van der Waals surface area contributed by atoms with Gasteiger partial charge in [0.1, 0.15) is 11.6 Å². The zero-order valence-corrected chi connectivity index (χ0v) is 21.6. The molecule has 0 radical (unpaired) electrons. The van der Waals surface area contributed by atoms with Crippen molar-refractivity contribution in [1.82, 2.24) is 14.5 Å². The molecule has 1 atom stereocenters. The number of benzene rings is 3. The van der Waals surface area contributed by atoms with Crippen LogP contribution >= 0.6 is 0 Å². The number of ether oxygens (including phenoxy) is 1. The number of aromatic nitrogens is 2. The van der Waals surface area contributed by atoms with Crippen molar-refractivity contribution in [2.75, 3.05) is 13.7 Å². The highest BCUT2D eigenvalue weighted by molar-refractivity contribution is 5.94. The molecule has 3 aromatic carbocycles. The predicted octanol–water partition coefficient (Wildman–Crippen LogP) is 5.95. The van der Waals surface area contributed by atoms with E-state index in [1.807, 2.05) is 61.2 Å². The summed E-state index contributed by atoms with van der Waals surface area (Å²) in [4.78, 5) is 34.4. The van der Waals surface area contributed by atoms with Gasteiger partial charge >= 0.3 is 0 Å². The van der Waals surface area contributed by atoms with Gasteiger partial charge in [-0.1, -0.05) is 44.2 Å². The number of para-hydroxylation sites is 2. The van der Waals surface area contributed by atoms with E-state index >= 15 is 0 Å². The second-order valence-corrected chi connectivity index (χ2v) is 9.50. The molecule has 4 aromatic rings. The molecule has 6 heteroatoms. The first-order chi connectivity index (χ1) is 17.3. The summed E-state index contributed by atoms with van der Waals surface area (Å²) in [5.41, 5.74) is 2.77. The molecule has 0 fully saturated rings. The van der Waals surface area contributed by atoms with Crippen LogP contribution in [0.5, 0.6) is 5.75 Å². The summed E-state index contributed by atoms with van der Waals surface area (Å²) in [5.74, 6) is 1.53. The third kappa shape index (κ3) is 5.03. The van der Waals surface area contributed by atoms with Crippen molar-refractivity contribution in [2.45, 2.75) is 40.2 Å². The van der Waals surface area contributed by atoms with Gasteiger partial charge in [-0.15, -0.1) is 0 Å². The highest BCUT2D eigenvalue weighted by Crippen LogP contribution is 2.27. The van der Waals surface area contributed by atoms with E-state index in [0.29, 0.717) is 40.5 Å². The van der Waals surface area contributed by atoms with Gasteiger partial charge in [0.05, 0.1) is 29.7 Å². The Bertz CT molecular complexity index is 1420. The van der Waals surface area contributed by atoms with Gasteiger partial charge in [0.15, 0.2) is 0 Å². The second-order valence-electron chi connectivity index (χ2n) is 9.50. The van der Waals surface area contributed by atoms with E-state index in [-0.39, 0.29) is 11.5 Å². The Kier molecular flexibility index (Phi) is 7.53. The zero-order chi connectivity index (χ0) is 25.8. The fraction of sp³-hybridized carbons (Fsp3) is 0.300. The molecule has 186 valence electrons. The molecule has 1 heterocycles. The summed E-state index contributed by atoms with van der Waals surface area (Å²) in [5, 5.41) is 0.548. The third-order valence-corrected chi connectivity index (χ3v) is 6.54. The first kappa shape index (κ1) is 25.2. The Hall–Kier alpha value is -3.93. The largest absolute Gasteiger partial charge is 0.497 e. The fourth-order valence-electron chi connectivity index (χ4n) is 4.38. The summed E-state index contributed by atoms with van der Waals surface area (Å²) < 4.78 is 6.93. The van der Waals surface area contributed by atoms with Crippen molar-refractivity contribution in [3.8, 4) is 11.4 Å². The molecule has 0 saturated heterocycles. The van der Waals surface area contributed by atoms with Crippen molar-refractivity contribution in [2.24, 2.45) is 5.92 Å². The van der Waals surface area contributed by atoms with Crippen LogP contribution in [-0.4, -0.2) is 34.0 Å². The van der Waals surface area contributed by atoms with Gasteiger partial charge in [0.25, 0.3) is 11.5 Å². The standard InChI is InChI=1S/C30H33N3O3/c1-20(2)18-19-32(29(34)23-14-16-24(36-5)17-15-23)22(4)28-31-26-12-8-7-11-25(26)30(35)33(28)27-13-9-6-10-21(27)3/h6-17,20,22H,18-19H2,1-5H3. The van der Waals surface area contributed by atoms with Gasteiger partial charge in [-0.05, 0) is 74.2 Å². The first-order valence-corrected chi connectivity index (χ1v) is 12.3. The number of aryl methyl sites for hydroxylation is 1. The normalized spacial score (nSPS) is 12.1. The first-order valence-electron chi connectivity index (χ1n) is 12.3. The molecular formula is C30H33N3O3. The molecule has 1 amide bonds. The summed E-state index contributed by atoms with van der Waals surface area (Å²) in [7, 11) is 1.60. The molecule has 1 unspecified atom stereocenters. The van der Waals surface area contributed by atoms with Gasteiger partial charge in [-0.3, -0.25) is 14.2 Å². The summed E-state index contributed by atoms with van der Waals surface area (Å²) >= 11 is 0. The van der Waals surface area contributed by atoms with Crippen LogP contribution in [0.25, 0.3) is 16.6 Å². The van der Waals surface area contributed by atoms with Gasteiger partial charge in [0.2, 0.25) is 0 Å². The summed E-state index contributed by atoms with van der Waals surface area (Å²) in [6.07, 6.45) is 0.828. The van der Waals surface area contributed by atoms with E-state index < -0.39 is 6.04 Å². The number of rotatable bonds is 8. The summed E-state index contributed by atoms with van der Waals surface area (Å²) in [6.45, 7) is 8.74. The summed E-state index contributed by atoms with van der Waals surface area (Å²) in [6, 6.07) is 21.8. The van der Waals surface area contributed by atoms with E-state index in [1.165, 1.54) is 0 Å². The Morgan fingerprint density at radius 1 is 0.972 bits per heavy atom. The third-order valence-electron chi connectivity index (χ3n) is 6.54. The minimum absolute atomic E-state index is 0.107. The maximum absolute atomic E-state index is 13.8. The van der Waals surface area contributed by atoms with Crippen LogP contribution in [0.1, 0.15) is 55.0 Å². The minimum Gasteiger partial charge on any atom is -0.497 e. The van der Waals surface area contributed by atoms with E-state index in [4.69, 9.17) is 9.72 Å². The van der Waals surface area contributed by atoms with Crippen LogP contribution in [0.2, 0.25) is 0 Å². The Morgan fingerprint density at radius 2 is 1.64 bits per heavy atom. The van der Waals surface area contributed by atoms with Crippen molar-refractivity contribution < 1.29 is 9.53 Å².